The zero-order chi connectivity index (χ0) is 14.9. The minimum Gasteiger partial charge on any atom is -0.391 e. The molecule has 3 nitrogen and oxygen atoms in total. The van der Waals surface area contributed by atoms with Crippen LogP contribution >= 0.6 is 23.2 Å². The second-order valence-electron chi connectivity index (χ2n) is 5.81. The maximum Gasteiger partial charge on any atom is 0.133 e. The van der Waals surface area contributed by atoms with Crippen molar-refractivity contribution in [2.45, 2.75) is 39.3 Å². The average Bonchev–Trinajstić information content (AvgIpc) is 2.66. The van der Waals surface area contributed by atoms with Crippen LogP contribution in [0.4, 0.5) is 0 Å². The van der Waals surface area contributed by atoms with E-state index in [-0.39, 0.29) is 12.0 Å². The lowest BCUT2D eigenvalue weighted by atomic mass is 9.90. The number of aliphatic hydroxyl groups is 1. The van der Waals surface area contributed by atoms with Crippen LogP contribution in [0.15, 0.2) is 24.3 Å². The monoisotopic (exact) mass is 312 g/mol. The third-order valence-electron chi connectivity index (χ3n) is 3.07. The highest BCUT2D eigenvalue weighted by Gasteiger charge is 2.25. The first-order valence-electron chi connectivity index (χ1n) is 6.44. The van der Waals surface area contributed by atoms with Gasteiger partial charge in [-0.05, 0) is 17.7 Å². The molecule has 0 fully saturated rings. The number of rotatable bonds is 3. The molecule has 1 aromatic heterocycles. The summed E-state index contributed by atoms with van der Waals surface area (Å²) in [6.07, 6.45) is 0. The molecule has 2 rings (SSSR count). The van der Waals surface area contributed by atoms with Gasteiger partial charge in [0.1, 0.15) is 5.15 Å². The van der Waals surface area contributed by atoms with Crippen LogP contribution in [0.5, 0.6) is 0 Å². The summed E-state index contributed by atoms with van der Waals surface area (Å²) < 4.78 is 1.71. The van der Waals surface area contributed by atoms with Gasteiger partial charge in [0, 0.05) is 16.0 Å². The van der Waals surface area contributed by atoms with E-state index in [9.17, 15) is 5.11 Å². The first-order chi connectivity index (χ1) is 9.32. The second kappa shape index (κ2) is 5.76. The fraction of sp³-hybridized carbons (Fsp3) is 0.400. The number of aliphatic hydroxyl groups excluding tert-OH is 1. The van der Waals surface area contributed by atoms with Crippen molar-refractivity contribution in [3.05, 3.63) is 51.3 Å². The summed E-state index contributed by atoms with van der Waals surface area (Å²) in [5, 5.41) is 15.3. The number of nitrogens with zero attached hydrogens (tertiary/aromatic N) is 2. The molecular weight excluding hydrogens is 295 g/mol. The van der Waals surface area contributed by atoms with Crippen molar-refractivity contribution in [3.63, 3.8) is 0 Å². The van der Waals surface area contributed by atoms with Crippen molar-refractivity contribution < 1.29 is 5.11 Å². The quantitative estimate of drug-likeness (QED) is 0.929. The summed E-state index contributed by atoms with van der Waals surface area (Å²) in [6.45, 7) is 6.57. The third kappa shape index (κ3) is 3.17. The molecule has 0 amide bonds. The molecule has 1 aromatic carbocycles. The van der Waals surface area contributed by atoms with E-state index in [1.165, 1.54) is 0 Å². The molecule has 108 valence electrons. The van der Waals surface area contributed by atoms with Crippen LogP contribution in [-0.2, 0) is 18.6 Å². The number of benzene rings is 1. The Balaban J connectivity index is 2.41. The van der Waals surface area contributed by atoms with Gasteiger partial charge in [0.2, 0.25) is 0 Å². The largest absolute Gasteiger partial charge is 0.391 e. The molecule has 0 unspecified atom stereocenters. The zero-order valence-corrected chi connectivity index (χ0v) is 13.3. The number of aromatic nitrogens is 2. The van der Waals surface area contributed by atoms with E-state index in [4.69, 9.17) is 23.2 Å². The summed E-state index contributed by atoms with van der Waals surface area (Å²) in [7, 11) is 0. The minimum absolute atomic E-state index is 0.110. The molecule has 0 spiro atoms. The van der Waals surface area contributed by atoms with E-state index < -0.39 is 0 Å². The van der Waals surface area contributed by atoms with Crippen LogP contribution in [0.2, 0.25) is 10.2 Å². The van der Waals surface area contributed by atoms with Crippen molar-refractivity contribution in [3.8, 4) is 0 Å². The molecule has 2 aromatic rings. The van der Waals surface area contributed by atoms with Gasteiger partial charge < -0.3 is 5.11 Å². The van der Waals surface area contributed by atoms with E-state index in [1.54, 1.807) is 4.68 Å². The molecule has 0 radical (unpaired) electrons. The predicted molar refractivity (Wildman–Crippen MR) is 82.4 cm³/mol. The van der Waals surface area contributed by atoms with Gasteiger partial charge in [-0.25, -0.2) is 4.68 Å². The van der Waals surface area contributed by atoms with Gasteiger partial charge in [0.05, 0.1) is 18.8 Å². The Morgan fingerprint density at radius 2 is 1.95 bits per heavy atom. The first-order valence-corrected chi connectivity index (χ1v) is 7.19. The van der Waals surface area contributed by atoms with Crippen molar-refractivity contribution in [2.24, 2.45) is 0 Å². The first kappa shape index (κ1) is 15.4. The van der Waals surface area contributed by atoms with Gasteiger partial charge in [-0.3, -0.25) is 0 Å². The molecule has 0 aliphatic carbocycles. The van der Waals surface area contributed by atoms with Crippen LogP contribution in [0.25, 0.3) is 0 Å². The molecule has 1 N–H and O–H groups in total. The Kier molecular flexibility index (Phi) is 4.43. The van der Waals surface area contributed by atoms with Crippen molar-refractivity contribution in [1.82, 2.24) is 9.78 Å². The predicted octanol–water partition coefficient (Wildman–Crippen LogP) is 4.03. The van der Waals surface area contributed by atoms with Crippen molar-refractivity contribution in [2.75, 3.05) is 0 Å². The fourth-order valence-corrected chi connectivity index (χ4v) is 2.59. The van der Waals surface area contributed by atoms with Gasteiger partial charge in [0.15, 0.2) is 0 Å². The van der Waals surface area contributed by atoms with E-state index in [0.717, 1.165) is 11.3 Å². The lowest BCUT2D eigenvalue weighted by Gasteiger charge is -2.16. The zero-order valence-electron chi connectivity index (χ0n) is 11.8. The lowest BCUT2D eigenvalue weighted by Crippen LogP contribution is -2.15. The average molecular weight is 313 g/mol. The molecule has 20 heavy (non-hydrogen) atoms. The highest BCUT2D eigenvalue weighted by molar-refractivity contribution is 6.31. The van der Waals surface area contributed by atoms with E-state index in [0.29, 0.717) is 22.3 Å². The SMILES string of the molecule is CC(C)(C)c1nn(Cc2cccc(Cl)c2)c(Cl)c1CO. The van der Waals surface area contributed by atoms with Crippen LogP contribution in [0, 0.1) is 0 Å². The molecule has 0 bridgehead atoms. The molecule has 0 saturated heterocycles. The Morgan fingerprint density at radius 3 is 2.45 bits per heavy atom. The molecule has 5 heteroatoms. The third-order valence-corrected chi connectivity index (χ3v) is 3.73. The van der Waals surface area contributed by atoms with Gasteiger partial charge in [-0.1, -0.05) is 56.1 Å². The van der Waals surface area contributed by atoms with Crippen molar-refractivity contribution in [1.29, 1.82) is 0 Å². The van der Waals surface area contributed by atoms with Gasteiger partial charge in [-0.2, -0.15) is 5.10 Å². The maximum absolute atomic E-state index is 9.53. The number of halogens is 2. The number of hydrogen-bond donors (Lipinski definition) is 1. The summed E-state index contributed by atoms with van der Waals surface area (Å²) in [5.41, 5.74) is 2.38. The highest BCUT2D eigenvalue weighted by atomic mass is 35.5. The summed E-state index contributed by atoms with van der Waals surface area (Å²) in [4.78, 5) is 0. The lowest BCUT2D eigenvalue weighted by molar-refractivity contribution is 0.278. The molecular formula is C15H18Cl2N2O. The molecule has 0 aliphatic heterocycles. The van der Waals surface area contributed by atoms with E-state index >= 15 is 0 Å². The van der Waals surface area contributed by atoms with Crippen LogP contribution in [-0.4, -0.2) is 14.9 Å². The summed E-state index contributed by atoms with van der Waals surface area (Å²) in [6, 6.07) is 7.58. The fourth-order valence-electron chi connectivity index (χ4n) is 2.13. The van der Waals surface area contributed by atoms with Gasteiger partial charge in [-0.15, -0.1) is 0 Å². The molecule has 0 aliphatic rings. The van der Waals surface area contributed by atoms with Crippen LogP contribution < -0.4 is 0 Å². The Labute approximate surface area is 129 Å². The summed E-state index contributed by atoms with van der Waals surface area (Å²) >= 11 is 12.3. The molecule has 0 atom stereocenters. The molecule has 1 heterocycles. The smallest absolute Gasteiger partial charge is 0.133 e. The minimum atomic E-state index is -0.165. The normalized spacial score (nSPS) is 11.9. The maximum atomic E-state index is 9.53. The van der Waals surface area contributed by atoms with Crippen molar-refractivity contribution >= 4 is 23.2 Å². The topological polar surface area (TPSA) is 38.0 Å². The number of hydrogen-bond acceptors (Lipinski definition) is 2. The summed E-state index contributed by atoms with van der Waals surface area (Å²) in [5.74, 6) is 0. The Morgan fingerprint density at radius 1 is 1.25 bits per heavy atom. The Hall–Kier alpha value is -1.03. The molecule has 0 saturated carbocycles. The van der Waals surface area contributed by atoms with E-state index in [1.807, 2.05) is 24.3 Å². The standard InChI is InChI=1S/C15H18Cl2N2O/c1-15(2,3)13-12(9-20)14(17)19(18-13)8-10-5-4-6-11(16)7-10/h4-7,20H,8-9H2,1-3H3. The van der Waals surface area contributed by atoms with Crippen LogP contribution in [0.1, 0.15) is 37.6 Å². The highest BCUT2D eigenvalue weighted by Crippen LogP contribution is 2.30. The Bertz CT molecular complexity index is 615. The van der Waals surface area contributed by atoms with Crippen LogP contribution in [0.3, 0.4) is 0 Å². The van der Waals surface area contributed by atoms with E-state index in [2.05, 4.69) is 25.9 Å². The van der Waals surface area contributed by atoms with Gasteiger partial charge in [0.25, 0.3) is 0 Å². The van der Waals surface area contributed by atoms with Gasteiger partial charge >= 0.3 is 0 Å². The second-order valence-corrected chi connectivity index (χ2v) is 6.61.